The van der Waals surface area contributed by atoms with Crippen molar-refractivity contribution in [3.63, 3.8) is 0 Å². The molecular formula is C9H10OS. The summed E-state index contributed by atoms with van der Waals surface area (Å²) in [6, 6.07) is 3.98. The van der Waals surface area contributed by atoms with Gasteiger partial charge in [0.05, 0.1) is 0 Å². The van der Waals surface area contributed by atoms with Gasteiger partial charge in [-0.2, -0.15) is 0 Å². The van der Waals surface area contributed by atoms with Crippen LogP contribution in [-0.2, 0) is 4.79 Å². The second-order valence-corrected chi connectivity index (χ2v) is 3.19. The highest BCUT2D eigenvalue weighted by atomic mass is 32.1. The molecule has 58 valence electrons. The Kier molecular flexibility index (Phi) is 3.05. The van der Waals surface area contributed by atoms with Gasteiger partial charge in [0.15, 0.2) is 0 Å². The van der Waals surface area contributed by atoms with E-state index in [1.807, 2.05) is 30.5 Å². The summed E-state index contributed by atoms with van der Waals surface area (Å²) in [5.41, 5.74) is 0.854. The third-order valence-electron chi connectivity index (χ3n) is 1.43. The van der Waals surface area contributed by atoms with Gasteiger partial charge in [0.2, 0.25) is 0 Å². The van der Waals surface area contributed by atoms with Crippen LogP contribution in [-0.4, -0.2) is 6.29 Å². The molecule has 1 rings (SSSR count). The fourth-order valence-corrected chi connectivity index (χ4v) is 1.47. The first kappa shape index (κ1) is 8.21. The SMILES string of the molecule is CC/C(C=O)=C\c1cccs1. The lowest BCUT2D eigenvalue weighted by molar-refractivity contribution is -0.104. The Morgan fingerprint density at radius 1 is 1.73 bits per heavy atom. The van der Waals surface area contributed by atoms with Crippen LogP contribution in [0.3, 0.4) is 0 Å². The molecular weight excluding hydrogens is 156 g/mol. The van der Waals surface area contributed by atoms with Gasteiger partial charge in [0.1, 0.15) is 6.29 Å². The number of thiophene rings is 1. The summed E-state index contributed by atoms with van der Waals surface area (Å²) < 4.78 is 0. The molecule has 0 aliphatic heterocycles. The lowest BCUT2D eigenvalue weighted by Crippen LogP contribution is -1.79. The van der Waals surface area contributed by atoms with E-state index < -0.39 is 0 Å². The maximum atomic E-state index is 10.4. The van der Waals surface area contributed by atoms with Crippen molar-refractivity contribution in [2.75, 3.05) is 0 Å². The zero-order valence-electron chi connectivity index (χ0n) is 6.41. The molecule has 0 N–H and O–H groups in total. The fraction of sp³-hybridized carbons (Fsp3) is 0.222. The Balaban J connectivity index is 2.79. The number of rotatable bonds is 3. The van der Waals surface area contributed by atoms with Crippen LogP contribution in [0.4, 0.5) is 0 Å². The first-order valence-corrected chi connectivity index (χ1v) is 4.44. The summed E-state index contributed by atoms with van der Waals surface area (Å²) in [5, 5.41) is 2.00. The normalized spacial score (nSPS) is 11.5. The van der Waals surface area contributed by atoms with E-state index in [1.54, 1.807) is 11.3 Å². The third kappa shape index (κ3) is 2.31. The van der Waals surface area contributed by atoms with Gasteiger partial charge < -0.3 is 0 Å². The molecule has 1 heterocycles. The average molecular weight is 166 g/mol. The summed E-state index contributed by atoms with van der Waals surface area (Å²) >= 11 is 1.65. The lowest BCUT2D eigenvalue weighted by atomic mass is 10.2. The Bertz CT molecular complexity index is 247. The van der Waals surface area contributed by atoms with E-state index in [-0.39, 0.29) is 0 Å². The Hall–Kier alpha value is -0.890. The molecule has 0 unspecified atom stereocenters. The van der Waals surface area contributed by atoms with Gasteiger partial charge >= 0.3 is 0 Å². The third-order valence-corrected chi connectivity index (χ3v) is 2.25. The van der Waals surface area contributed by atoms with E-state index in [9.17, 15) is 4.79 Å². The van der Waals surface area contributed by atoms with Crippen molar-refractivity contribution in [3.8, 4) is 0 Å². The van der Waals surface area contributed by atoms with E-state index in [4.69, 9.17) is 0 Å². The Labute approximate surface area is 70.4 Å². The van der Waals surface area contributed by atoms with Crippen LogP contribution in [0, 0.1) is 0 Å². The fourth-order valence-electron chi connectivity index (χ4n) is 0.776. The van der Waals surface area contributed by atoms with Gasteiger partial charge in [-0.1, -0.05) is 13.0 Å². The number of aldehydes is 1. The van der Waals surface area contributed by atoms with Crippen molar-refractivity contribution in [3.05, 3.63) is 28.0 Å². The van der Waals surface area contributed by atoms with E-state index in [0.717, 1.165) is 23.2 Å². The average Bonchev–Trinajstić information content (AvgIpc) is 2.52. The highest BCUT2D eigenvalue weighted by Crippen LogP contribution is 2.13. The molecule has 1 aromatic heterocycles. The number of hydrogen-bond acceptors (Lipinski definition) is 2. The molecule has 0 fully saturated rings. The molecule has 0 spiro atoms. The van der Waals surface area contributed by atoms with Crippen molar-refractivity contribution in [2.45, 2.75) is 13.3 Å². The Morgan fingerprint density at radius 3 is 3.00 bits per heavy atom. The van der Waals surface area contributed by atoms with Crippen LogP contribution in [0.1, 0.15) is 18.2 Å². The van der Waals surface area contributed by atoms with Gasteiger partial charge in [-0.15, -0.1) is 11.3 Å². The largest absolute Gasteiger partial charge is 0.298 e. The van der Waals surface area contributed by atoms with E-state index in [0.29, 0.717) is 0 Å². The van der Waals surface area contributed by atoms with Gasteiger partial charge in [-0.25, -0.2) is 0 Å². The molecule has 0 aromatic carbocycles. The van der Waals surface area contributed by atoms with Crippen molar-refractivity contribution in [1.82, 2.24) is 0 Å². The van der Waals surface area contributed by atoms with Crippen LogP contribution in [0.25, 0.3) is 6.08 Å². The predicted molar refractivity (Wildman–Crippen MR) is 48.7 cm³/mol. The molecule has 2 heteroatoms. The lowest BCUT2D eigenvalue weighted by Gasteiger charge is -1.89. The van der Waals surface area contributed by atoms with E-state index in [2.05, 4.69) is 0 Å². The van der Waals surface area contributed by atoms with E-state index >= 15 is 0 Å². The number of carbonyl (C=O) groups excluding carboxylic acids is 1. The molecule has 0 radical (unpaired) electrons. The van der Waals surface area contributed by atoms with Crippen molar-refractivity contribution in [1.29, 1.82) is 0 Å². The highest BCUT2D eigenvalue weighted by Gasteiger charge is 1.92. The van der Waals surface area contributed by atoms with Crippen LogP contribution >= 0.6 is 11.3 Å². The second kappa shape index (κ2) is 4.09. The number of hydrogen-bond donors (Lipinski definition) is 0. The van der Waals surface area contributed by atoms with Gasteiger partial charge in [-0.3, -0.25) is 4.79 Å². The summed E-state index contributed by atoms with van der Waals surface area (Å²) in [7, 11) is 0. The van der Waals surface area contributed by atoms with Gasteiger partial charge in [-0.05, 0) is 29.5 Å². The molecule has 0 aliphatic rings. The maximum absolute atomic E-state index is 10.4. The Morgan fingerprint density at radius 2 is 2.55 bits per heavy atom. The molecule has 11 heavy (non-hydrogen) atoms. The van der Waals surface area contributed by atoms with Gasteiger partial charge in [0, 0.05) is 4.88 Å². The molecule has 0 saturated carbocycles. The topological polar surface area (TPSA) is 17.1 Å². The van der Waals surface area contributed by atoms with Crippen LogP contribution in [0.5, 0.6) is 0 Å². The van der Waals surface area contributed by atoms with Crippen LogP contribution in [0.2, 0.25) is 0 Å². The quantitative estimate of drug-likeness (QED) is 0.498. The summed E-state index contributed by atoms with van der Waals surface area (Å²) in [4.78, 5) is 11.5. The molecule has 0 aliphatic carbocycles. The first-order valence-electron chi connectivity index (χ1n) is 3.56. The minimum absolute atomic E-state index is 0.807. The molecule has 0 bridgehead atoms. The zero-order valence-corrected chi connectivity index (χ0v) is 7.23. The minimum atomic E-state index is 0.807. The van der Waals surface area contributed by atoms with Crippen LogP contribution in [0.15, 0.2) is 23.1 Å². The van der Waals surface area contributed by atoms with Crippen LogP contribution < -0.4 is 0 Å². The molecule has 0 amide bonds. The number of carbonyl (C=O) groups is 1. The highest BCUT2D eigenvalue weighted by molar-refractivity contribution is 7.10. The summed E-state index contributed by atoms with van der Waals surface area (Å²) in [5.74, 6) is 0. The summed E-state index contributed by atoms with van der Waals surface area (Å²) in [6.07, 6.45) is 3.65. The molecule has 0 atom stereocenters. The smallest absolute Gasteiger partial charge is 0.146 e. The van der Waals surface area contributed by atoms with Crippen molar-refractivity contribution in [2.24, 2.45) is 0 Å². The molecule has 0 saturated heterocycles. The van der Waals surface area contributed by atoms with Crippen molar-refractivity contribution >= 4 is 23.7 Å². The molecule has 1 nitrogen and oxygen atoms in total. The zero-order chi connectivity index (χ0) is 8.10. The predicted octanol–water partition coefficient (Wildman–Crippen LogP) is 2.74. The minimum Gasteiger partial charge on any atom is -0.298 e. The maximum Gasteiger partial charge on any atom is 0.146 e. The van der Waals surface area contributed by atoms with Gasteiger partial charge in [0.25, 0.3) is 0 Å². The van der Waals surface area contributed by atoms with Crippen molar-refractivity contribution < 1.29 is 4.79 Å². The standard InChI is InChI=1S/C9H10OS/c1-2-8(7-10)6-9-4-3-5-11-9/h3-7H,2H2,1H3/b8-6+. The number of allylic oxidation sites excluding steroid dienone is 1. The second-order valence-electron chi connectivity index (χ2n) is 2.21. The monoisotopic (exact) mass is 166 g/mol. The summed E-state index contributed by atoms with van der Waals surface area (Å²) in [6.45, 7) is 1.98. The van der Waals surface area contributed by atoms with E-state index in [1.165, 1.54) is 0 Å². The first-order chi connectivity index (χ1) is 5.36. The molecule has 1 aromatic rings.